The summed E-state index contributed by atoms with van der Waals surface area (Å²) >= 11 is 0. The summed E-state index contributed by atoms with van der Waals surface area (Å²) < 4.78 is 0. The zero-order valence-electron chi connectivity index (χ0n) is 20.6. The lowest BCUT2D eigenvalue weighted by atomic mass is 9.74. The van der Waals surface area contributed by atoms with Crippen molar-refractivity contribution in [2.75, 3.05) is 0 Å². The first-order valence-electron chi connectivity index (χ1n) is 12.0. The van der Waals surface area contributed by atoms with Crippen LogP contribution >= 0.6 is 0 Å². The molecule has 1 heterocycles. The van der Waals surface area contributed by atoms with Crippen molar-refractivity contribution in [3.05, 3.63) is 95.9 Å². The Bertz CT molecular complexity index is 987. The van der Waals surface area contributed by atoms with Gasteiger partial charge in [0.2, 0.25) is 0 Å². The lowest BCUT2D eigenvalue weighted by molar-refractivity contribution is 0.255. The average molecular weight is 426 g/mol. The smallest absolute Gasteiger partial charge is 0.0445 e. The molecule has 0 saturated heterocycles. The van der Waals surface area contributed by atoms with E-state index in [-0.39, 0.29) is 11.3 Å². The molecule has 0 fully saturated rings. The van der Waals surface area contributed by atoms with Crippen molar-refractivity contribution >= 4 is 0 Å². The predicted molar refractivity (Wildman–Crippen MR) is 139 cm³/mol. The first kappa shape index (κ1) is 23.9. The second kappa shape index (κ2) is 10.3. The normalized spacial score (nSPS) is 23.5. The van der Waals surface area contributed by atoms with E-state index >= 15 is 0 Å². The van der Waals surface area contributed by atoms with Gasteiger partial charge >= 0.3 is 0 Å². The minimum Gasteiger partial charge on any atom is -0.345 e. The van der Waals surface area contributed by atoms with Crippen molar-refractivity contribution in [1.82, 2.24) is 4.90 Å². The van der Waals surface area contributed by atoms with Gasteiger partial charge in [-0.25, -0.2) is 0 Å². The van der Waals surface area contributed by atoms with Gasteiger partial charge in [-0.05, 0) is 69.1 Å². The van der Waals surface area contributed by atoms with Crippen LogP contribution in [0.15, 0.2) is 84.8 Å². The first-order chi connectivity index (χ1) is 15.3. The molecule has 3 rings (SSSR count). The van der Waals surface area contributed by atoms with E-state index in [0.29, 0.717) is 12.0 Å². The lowest BCUT2D eigenvalue weighted by Crippen LogP contribution is -2.35. The highest BCUT2D eigenvalue weighted by atomic mass is 15.2. The van der Waals surface area contributed by atoms with E-state index in [1.807, 2.05) is 0 Å². The minimum atomic E-state index is 0.0988. The number of hydrogen-bond donors (Lipinski definition) is 0. The molecule has 0 spiro atoms. The molecule has 1 aliphatic carbocycles. The molecular formula is C31H39N. The van der Waals surface area contributed by atoms with E-state index in [0.717, 1.165) is 25.7 Å². The highest BCUT2D eigenvalue weighted by molar-refractivity contribution is 5.39. The van der Waals surface area contributed by atoms with Gasteiger partial charge in [0, 0.05) is 29.3 Å². The summed E-state index contributed by atoms with van der Waals surface area (Å²) in [5.41, 5.74) is 7.00. The summed E-state index contributed by atoms with van der Waals surface area (Å²) in [6.07, 6.45) is 15.1. The molecule has 2 aliphatic rings. The first-order valence-corrected chi connectivity index (χ1v) is 12.0. The Kier molecular flexibility index (Phi) is 7.68. The summed E-state index contributed by atoms with van der Waals surface area (Å²) in [7, 11) is 0. The van der Waals surface area contributed by atoms with Gasteiger partial charge in [-0.3, -0.25) is 0 Å². The van der Waals surface area contributed by atoms with Gasteiger partial charge in [0.25, 0.3) is 0 Å². The molecular weight excluding hydrogens is 386 g/mol. The Morgan fingerprint density at radius 2 is 1.97 bits per heavy atom. The summed E-state index contributed by atoms with van der Waals surface area (Å²) in [6.45, 7) is 19.4. The van der Waals surface area contributed by atoms with Crippen LogP contribution in [0, 0.1) is 30.1 Å². The number of rotatable bonds is 5. The van der Waals surface area contributed by atoms with Crippen LogP contribution in [0.2, 0.25) is 0 Å². The van der Waals surface area contributed by atoms with Gasteiger partial charge < -0.3 is 4.90 Å². The Labute approximate surface area is 196 Å². The fraction of sp³-hybridized carbons (Fsp3) is 0.419. The van der Waals surface area contributed by atoms with Gasteiger partial charge in [-0.15, -0.1) is 6.58 Å². The third kappa shape index (κ3) is 5.18. The summed E-state index contributed by atoms with van der Waals surface area (Å²) in [5, 5.41) is 0. The predicted octanol–water partition coefficient (Wildman–Crippen LogP) is 8.09. The molecule has 0 N–H and O–H groups in total. The van der Waals surface area contributed by atoms with Gasteiger partial charge in [-0.2, -0.15) is 0 Å². The Balaban J connectivity index is 1.98. The Morgan fingerprint density at radius 1 is 1.25 bits per heavy atom. The molecule has 1 aromatic rings. The highest BCUT2D eigenvalue weighted by Crippen LogP contribution is 2.46. The van der Waals surface area contributed by atoms with Gasteiger partial charge in [0.15, 0.2) is 0 Å². The van der Waals surface area contributed by atoms with Crippen molar-refractivity contribution in [3.8, 4) is 11.8 Å². The van der Waals surface area contributed by atoms with E-state index in [1.54, 1.807) is 6.08 Å². The number of nitrogens with zero attached hydrogens (tertiary/aromatic N) is 1. The van der Waals surface area contributed by atoms with Gasteiger partial charge in [-0.1, -0.05) is 86.4 Å². The van der Waals surface area contributed by atoms with E-state index in [9.17, 15) is 0 Å². The number of benzene rings is 1. The van der Waals surface area contributed by atoms with Crippen LogP contribution in [0.4, 0.5) is 0 Å². The zero-order chi connectivity index (χ0) is 23.3. The second-order valence-corrected chi connectivity index (χ2v) is 9.93. The van der Waals surface area contributed by atoms with Crippen molar-refractivity contribution < 1.29 is 0 Å². The summed E-state index contributed by atoms with van der Waals surface area (Å²) in [5.74, 6) is 7.28. The second-order valence-electron chi connectivity index (χ2n) is 9.93. The number of allylic oxidation sites excluding steroid dienone is 8. The van der Waals surface area contributed by atoms with Crippen molar-refractivity contribution in [2.45, 2.75) is 72.3 Å². The maximum atomic E-state index is 4.12. The molecule has 0 bridgehead atoms. The third-order valence-corrected chi connectivity index (χ3v) is 7.09. The maximum Gasteiger partial charge on any atom is 0.0445 e. The molecule has 1 aromatic carbocycles. The quantitative estimate of drug-likeness (QED) is 0.340. The fourth-order valence-electron chi connectivity index (χ4n) is 5.22. The SMILES string of the molecule is C=CC#CC1CC(C)(C)C2=C(CCC=C2)N(/C(C)=C/CC(C=C)c2ccc(C)cc2)C1C. The molecule has 1 heteroatoms. The van der Waals surface area contributed by atoms with E-state index < -0.39 is 0 Å². The average Bonchev–Trinajstić information content (AvgIpc) is 2.86. The van der Waals surface area contributed by atoms with Crippen LogP contribution in [0.25, 0.3) is 0 Å². The molecule has 168 valence electrons. The zero-order valence-corrected chi connectivity index (χ0v) is 20.6. The largest absolute Gasteiger partial charge is 0.345 e. The minimum absolute atomic E-state index is 0.0988. The molecule has 0 aromatic heterocycles. The molecule has 1 aliphatic heterocycles. The molecule has 0 amide bonds. The molecule has 0 saturated carbocycles. The number of aryl methyl sites for hydroxylation is 1. The van der Waals surface area contributed by atoms with Crippen molar-refractivity contribution in [2.24, 2.45) is 11.3 Å². The van der Waals surface area contributed by atoms with E-state index in [2.05, 4.69) is 113 Å². The monoisotopic (exact) mass is 425 g/mol. The van der Waals surface area contributed by atoms with Gasteiger partial charge in [0.1, 0.15) is 0 Å². The Hall–Kier alpha value is -2.72. The fourth-order valence-corrected chi connectivity index (χ4v) is 5.22. The molecule has 0 radical (unpaired) electrons. The molecule has 32 heavy (non-hydrogen) atoms. The topological polar surface area (TPSA) is 3.24 Å². The number of hydrogen-bond acceptors (Lipinski definition) is 1. The highest BCUT2D eigenvalue weighted by Gasteiger charge is 2.39. The molecule has 3 atom stereocenters. The molecule has 1 nitrogen and oxygen atoms in total. The maximum absolute atomic E-state index is 4.12. The van der Waals surface area contributed by atoms with Crippen LogP contribution in [0.3, 0.4) is 0 Å². The summed E-state index contributed by atoms with van der Waals surface area (Å²) in [6, 6.07) is 9.16. The van der Waals surface area contributed by atoms with Crippen molar-refractivity contribution in [3.63, 3.8) is 0 Å². The lowest BCUT2D eigenvalue weighted by Gasteiger charge is -2.37. The van der Waals surface area contributed by atoms with Crippen LogP contribution < -0.4 is 0 Å². The van der Waals surface area contributed by atoms with Gasteiger partial charge in [0.05, 0.1) is 0 Å². The third-order valence-electron chi connectivity index (χ3n) is 7.09. The van der Waals surface area contributed by atoms with Crippen LogP contribution in [-0.4, -0.2) is 10.9 Å². The van der Waals surface area contributed by atoms with E-state index in [1.165, 1.54) is 28.1 Å². The van der Waals surface area contributed by atoms with Crippen LogP contribution in [0.1, 0.15) is 70.4 Å². The van der Waals surface area contributed by atoms with E-state index in [4.69, 9.17) is 0 Å². The van der Waals surface area contributed by atoms with Crippen LogP contribution in [-0.2, 0) is 0 Å². The summed E-state index contributed by atoms with van der Waals surface area (Å²) in [4.78, 5) is 2.59. The van der Waals surface area contributed by atoms with Crippen LogP contribution in [0.5, 0.6) is 0 Å². The molecule has 3 unspecified atom stereocenters. The van der Waals surface area contributed by atoms with Crippen molar-refractivity contribution in [1.29, 1.82) is 0 Å². The Morgan fingerprint density at radius 3 is 2.62 bits per heavy atom. The standard InChI is InChI=1S/C31H39N/c1-8-10-13-28-22-31(6,7)29-14-11-12-15-30(29)32(25(28)5)24(4)18-21-26(9-2)27-19-16-23(3)17-20-27/h8-9,11,14,16-20,25-26,28H,1-2,12,15,21-22H2,3-7H3/b24-18+.